The zero-order chi connectivity index (χ0) is 20.7. The van der Waals surface area contributed by atoms with E-state index in [-0.39, 0.29) is 0 Å². The quantitative estimate of drug-likeness (QED) is 0.259. The minimum absolute atomic E-state index is 0.498. The third-order valence-electron chi connectivity index (χ3n) is 5.49. The first-order valence-electron chi connectivity index (χ1n) is 10.3. The Balaban J connectivity index is 0.000000431. The molecule has 2 fully saturated rings. The van der Waals surface area contributed by atoms with E-state index in [2.05, 4.69) is 76.5 Å². The highest BCUT2D eigenvalue weighted by Gasteiger charge is 2.39. The van der Waals surface area contributed by atoms with Gasteiger partial charge in [0.15, 0.2) is 0 Å². The lowest BCUT2D eigenvalue weighted by Gasteiger charge is -2.25. The predicted molar refractivity (Wildman–Crippen MR) is 110 cm³/mol. The summed E-state index contributed by atoms with van der Waals surface area (Å²) in [4.78, 5) is 2.63. The number of likely N-dealkylation sites (tertiary alicyclic amines) is 1. The van der Waals surface area contributed by atoms with Crippen LogP contribution in [0.5, 0.6) is 0 Å². The molecule has 2 nitrogen and oxygen atoms in total. The summed E-state index contributed by atoms with van der Waals surface area (Å²) >= 11 is 0. The van der Waals surface area contributed by atoms with Crippen LogP contribution in [0.4, 0.5) is 17.3 Å². The molecule has 2 atom stereocenters. The average molecular weight is 406 g/mol. The Hall–Kier alpha value is -2.31. The summed E-state index contributed by atoms with van der Waals surface area (Å²) < 4.78 is 41.5. The van der Waals surface area contributed by atoms with Gasteiger partial charge in [0.05, 0.1) is 13.1 Å². The summed E-state index contributed by atoms with van der Waals surface area (Å²) in [5, 5.41) is 0. The lowest BCUT2D eigenvalue weighted by Crippen LogP contribution is -2.32. The molecule has 2 aromatic rings. The molecular weight excluding hydrogens is 379 g/mol. The zero-order valence-electron chi connectivity index (χ0n) is 16.4. The molecule has 2 saturated heterocycles. The summed E-state index contributed by atoms with van der Waals surface area (Å²) in [6, 6.07) is 23.1. The van der Waals surface area contributed by atoms with Crippen LogP contribution in [0.2, 0.25) is 0 Å². The van der Waals surface area contributed by atoms with Crippen molar-refractivity contribution >= 4 is 13.6 Å². The third-order valence-corrected chi connectivity index (χ3v) is 5.49. The summed E-state index contributed by atoms with van der Waals surface area (Å²) in [5.41, 5.74) is 2.90. The summed E-state index contributed by atoms with van der Waals surface area (Å²) in [6.45, 7) is 2.42. The van der Waals surface area contributed by atoms with Crippen molar-refractivity contribution in [3.63, 3.8) is 0 Å². The van der Waals surface area contributed by atoms with Gasteiger partial charge in [0, 0.05) is 0 Å². The standard InChI is InChI=1S/C22H27N2.BF4/c1-4-10-19(11-5-1)21-14-15-22(20-12-6-2-7-13-20)24(21)18-23-16-8-3-9-17-23;2-1(3,4)5/h1-2,4-7,10-13,18,21-22H,3,8-9,14-17H2;/q+1;-1/t21-,22-;/m1./s1. The predicted octanol–water partition coefficient (Wildman–Crippen LogP) is 6.09. The minimum Gasteiger partial charge on any atom is -0.418 e. The van der Waals surface area contributed by atoms with Gasteiger partial charge in [-0.1, -0.05) is 60.7 Å². The fraction of sp³-hybridized carbons (Fsp3) is 0.409. The van der Waals surface area contributed by atoms with E-state index in [4.69, 9.17) is 0 Å². The number of hydrogen-bond donors (Lipinski definition) is 0. The van der Waals surface area contributed by atoms with Gasteiger partial charge >= 0.3 is 7.25 Å². The van der Waals surface area contributed by atoms with Gasteiger partial charge in [-0.2, -0.15) is 0 Å². The second-order valence-corrected chi connectivity index (χ2v) is 7.58. The molecule has 7 heteroatoms. The number of rotatable bonds is 3. The molecule has 0 amide bonds. The van der Waals surface area contributed by atoms with Gasteiger partial charge in [0.25, 0.3) is 0 Å². The highest BCUT2D eigenvalue weighted by Crippen LogP contribution is 2.42. The molecule has 0 radical (unpaired) electrons. The van der Waals surface area contributed by atoms with Crippen LogP contribution in [0.1, 0.15) is 55.3 Å². The topological polar surface area (TPSA) is 6.25 Å². The Kier molecular flexibility index (Phi) is 7.34. The van der Waals surface area contributed by atoms with E-state index in [0.29, 0.717) is 12.1 Å². The fourth-order valence-corrected chi connectivity index (χ4v) is 4.24. The lowest BCUT2D eigenvalue weighted by atomic mass is 10.0. The van der Waals surface area contributed by atoms with Crippen molar-refractivity contribution in [2.24, 2.45) is 0 Å². The molecule has 156 valence electrons. The molecular formula is C22H27BF4N2. The Bertz CT molecular complexity index is 719. The molecule has 29 heavy (non-hydrogen) atoms. The molecule has 0 unspecified atom stereocenters. The normalized spacial score (nSPS) is 22.1. The zero-order valence-corrected chi connectivity index (χ0v) is 16.4. The van der Waals surface area contributed by atoms with Gasteiger partial charge in [-0.25, -0.2) is 0 Å². The Morgan fingerprint density at radius 2 is 1.14 bits per heavy atom. The van der Waals surface area contributed by atoms with E-state index in [1.54, 1.807) is 0 Å². The monoisotopic (exact) mass is 406 g/mol. The first-order chi connectivity index (χ1) is 13.9. The summed E-state index contributed by atoms with van der Waals surface area (Å²) in [5.74, 6) is 0. The molecule has 2 aliphatic rings. The van der Waals surface area contributed by atoms with Gasteiger partial charge < -0.3 is 17.3 Å². The van der Waals surface area contributed by atoms with Crippen molar-refractivity contribution in [1.29, 1.82) is 0 Å². The molecule has 0 aliphatic carbocycles. The van der Waals surface area contributed by atoms with E-state index in [0.717, 1.165) is 0 Å². The van der Waals surface area contributed by atoms with Gasteiger partial charge in [-0.15, -0.1) is 0 Å². The second-order valence-electron chi connectivity index (χ2n) is 7.58. The highest BCUT2D eigenvalue weighted by atomic mass is 19.5. The molecule has 0 spiro atoms. The van der Waals surface area contributed by atoms with Crippen LogP contribution in [0.15, 0.2) is 60.7 Å². The van der Waals surface area contributed by atoms with Crippen LogP contribution in [0.3, 0.4) is 0 Å². The van der Waals surface area contributed by atoms with Crippen molar-refractivity contribution < 1.29 is 21.8 Å². The number of piperidine rings is 1. The maximum Gasteiger partial charge on any atom is 0.673 e. The van der Waals surface area contributed by atoms with E-state index < -0.39 is 7.25 Å². The SMILES string of the molecule is C(N1[C@@H](c2ccccc2)CC[C@@H]1c1ccccc1)=[N+]1CCCCC1.F[B-](F)(F)F. The van der Waals surface area contributed by atoms with Crippen LogP contribution in [-0.2, 0) is 0 Å². The van der Waals surface area contributed by atoms with Crippen molar-refractivity contribution in [3.05, 3.63) is 71.8 Å². The van der Waals surface area contributed by atoms with Crippen LogP contribution in [-0.4, -0.2) is 36.2 Å². The molecule has 2 aliphatic heterocycles. The van der Waals surface area contributed by atoms with Crippen LogP contribution in [0, 0.1) is 0 Å². The van der Waals surface area contributed by atoms with Crippen molar-refractivity contribution in [3.8, 4) is 0 Å². The van der Waals surface area contributed by atoms with E-state index in [1.807, 2.05) is 0 Å². The number of nitrogens with zero attached hydrogens (tertiary/aromatic N) is 2. The van der Waals surface area contributed by atoms with Crippen molar-refractivity contribution in [2.75, 3.05) is 13.1 Å². The second kappa shape index (κ2) is 9.94. The molecule has 2 heterocycles. The molecule has 0 bridgehead atoms. The van der Waals surface area contributed by atoms with Gasteiger partial charge in [0.2, 0.25) is 6.34 Å². The molecule has 4 rings (SSSR count). The van der Waals surface area contributed by atoms with E-state index >= 15 is 0 Å². The van der Waals surface area contributed by atoms with E-state index in [1.165, 1.54) is 56.3 Å². The first-order valence-corrected chi connectivity index (χ1v) is 10.3. The summed E-state index contributed by atoms with van der Waals surface area (Å²) in [6.07, 6.45) is 8.95. The maximum atomic E-state index is 9.75. The number of halogens is 4. The van der Waals surface area contributed by atoms with Gasteiger partial charge in [-0.05, 0) is 43.2 Å². The van der Waals surface area contributed by atoms with Crippen molar-refractivity contribution in [1.82, 2.24) is 4.90 Å². The number of hydrogen-bond acceptors (Lipinski definition) is 0. The fourth-order valence-electron chi connectivity index (χ4n) is 4.24. The molecule has 0 N–H and O–H groups in total. The number of benzene rings is 2. The lowest BCUT2D eigenvalue weighted by molar-refractivity contribution is -0.537. The highest BCUT2D eigenvalue weighted by molar-refractivity contribution is 6.50. The van der Waals surface area contributed by atoms with Crippen LogP contribution in [0.25, 0.3) is 0 Å². The molecule has 2 aromatic carbocycles. The van der Waals surface area contributed by atoms with Crippen LogP contribution >= 0.6 is 0 Å². The average Bonchev–Trinajstić information content (AvgIpc) is 3.12. The van der Waals surface area contributed by atoms with Crippen molar-refractivity contribution in [2.45, 2.75) is 44.2 Å². The summed E-state index contributed by atoms with van der Waals surface area (Å²) in [7, 11) is -6.00. The Labute approximate surface area is 170 Å². The van der Waals surface area contributed by atoms with Gasteiger partial charge in [-0.3, -0.25) is 9.48 Å². The third kappa shape index (κ3) is 6.62. The Morgan fingerprint density at radius 3 is 1.55 bits per heavy atom. The molecule has 0 aromatic heterocycles. The largest absolute Gasteiger partial charge is 0.673 e. The minimum atomic E-state index is -6.00. The first kappa shape index (κ1) is 21.4. The molecule has 0 saturated carbocycles. The Morgan fingerprint density at radius 1 is 0.724 bits per heavy atom. The van der Waals surface area contributed by atoms with E-state index in [9.17, 15) is 17.3 Å². The smallest absolute Gasteiger partial charge is 0.418 e. The van der Waals surface area contributed by atoms with Crippen LogP contribution < -0.4 is 0 Å². The maximum absolute atomic E-state index is 9.75. The van der Waals surface area contributed by atoms with Gasteiger partial charge in [0.1, 0.15) is 12.1 Å².